The molecule has 0 spiro atoms. The molecule has 0 aromatic heterocycles. The van der Waals surface area contributed by atoms with Crippen LogP contribution in [-0.2, 0) is 0 Å². The molecule has 2 aliphatic rings. The molecule has 1 aromatic rings. The lowest BCUT2D eigenvalue weighted by molar-refractivity contribution is 0.220. The van der Waals surface area contributed by atoms with Gasteiger partial charge in [-0.3, -0.25) is 4.90 Å². The molecule has 1 saturated heterocycles. The normalized spacial score (nSPS) is 28.2. The maximum absolute atomic E-state index is 9.28. The van der Waals surface area contributed by atoms with Crippen LogP contribution in [0.25, 0.3) is 0 Å². The van der Waals surface area contributed by atoms with E-state index >= 15 is 0 Å². The minimum absolute atomic E-state index is 0.360. The molecule has 1 aliphatic carbocycles. The van der Waals surface area contributed by atoms with Gasteiger partial charge in [0.25, 0.3) is 0 Å². The van der Waals surface area contributed by atoms with Crippen LogP contribution in [0.2, 0.25) is 0 Å². The van der Waals surface area contributed by atoms with Crippen molar-refractivity contribution in [1.82, 2.24) is 4.90 Å². The first-order valence-corrected chi connectivity index (χ1v) is 6.80. The topological polar surface area (TPSA) is 53.1 Å². The number of nitrogens with zero attached hydrogens (tertiary/aromatic N) is 2. The molecule has 94 valence electrons. The second kappa shape index (κ2) is 4.72. The van der Waals surface area contributed by atoms with Gasteiger partial charge in [0.1, 0.15) is 0 Å². The average Bonchev–Trinajstić information content (AvgIpc) is 3.18. The number of rotatable bonds is 3. The summed E-state index contributed by atoms with van der Waals surface area (Å²) < 4.78 is 0. The zero-order valence-corrected chi connectivity index (χ0v) is 10.5. The molecule has 2 fully saturated rings. The molecular weight excluding hydrogens is 222 g/mol. The molecule has 18 heavy (non-hydrogen) atoms. The summed E-state index contributed by atoms with van der Waals surface area (Å²) >= 11 is 0. The number of nitriles is 1. The van der Waals surface area contributed by atoms with E-state index in [2.05, 4.69) is 17.0 Å². The number of hydrogen-bond donors (Lipinski definition) is 1. The minimum Gasteiger partial charge on any atom is -0.330 e. The predicted molar refractivity (Wildman–Crippen MR) is 70.8 cm³/mol. The highest BCUT2D eigenvalue weighted by molar-refractivity contribution is 5.40. The number of benzene rings is 1. The van der Waals surface area contributed by atoms with Crippen LogP contribution in [0.15, 0.2) is 24.3 Å². The van der Waals surface area contributed by atoms with E-state index in [4.69, 9.17) is 5.73 Å². The van der Waals surface area contributed by atoms with Gasteiger partial charge in [-0.05, 0) is 49.9 Å². The van der Waals surface area contributed by atoms with Crippen molar-refractivity contribution in [2.45, 2.75) is 31.3 Å². The largest absolute Gasteiger partial charge is 0.330 e. The zero-order chi connectivity index (χ0) is 12.5. The van der Waals surface area contributed by atoms with Crippen LogP contribution in [-0.4, -0.2) is 24.0 Å². The van der Waals surface area contributed by atoms with Gasteiger partial charge in [0, 0.05) is 12.1 Å². The molecule has 3 nitrogen and oxygen atoms in total. The molecule has 0 amide bonds. The fourth-order valence-electron chi connectivity index (χ4n) is 3.23. The van der Waals surface area contributed by atoms with E-state index in [1.54, 1.807) is 0 Å². The van der Waals surface area contributed by atoms with E-state index in [-0.39, 0.29) is 0 Å². The van der Waals surface area contributed by atoms with Crippen molar-refractivity contribution in [3.63, 3.8) is 0 Å². The van der Waals surface area contributed by atoms with Gasteiger partial charge in [-0.25, -0.2) is 0 Å². The van der Waals surface area contributed by atoms with Crippen LogP contribution in [0.1, 0.15) is 36.4 Å². The fraction of sp³-hybridized carbons (Fsp3) is 0.533. The van der Waals surface area contributed by atoms with Crippen LogP contribution in [0.3, 0.4) is 0 Å². The van der Waals surface area contributed by atoms with Crippen molar-refractivity contribution in [1.29, 1.82) is 5.26 Å². The second-order valence-corrected chi connectivity index (χ2v) is 5.40. The molecule has 2 atom stereocenters. The molecule has 1 aromatic carbocycles. The highest BCUT2D eigenvalue weighted by atomic mass is 15.2. The molecule has 1 aliphatic heterocycles. The van der Waals surface area contributed by atoms with E-state index in [0.29, 0.717) is 18.5 Å². The quantitative estimate of drug-likeness (QED) is 0.881. The second-order valence-electron chi connectivity index (χ2n) is 5.40. The Morgan fingerprint density at radius 3 is 2.72 bits per heavy atom. The third-order valence-corrected chi connectivity index (χ3v) is 4.28. The summed E-state index contributed by atoms with van der Waals surface area (Å²) in [5.41, 5.74) is 7.92. The summed E-state index contributed by atoms with van der Waals surface area (Å²) in [5, 5.41) is 9.28. The standard InChI is InChI=1S/C15H19N3/c16-9-11-3-1-2-4-14(11)15-12(10-17)7-8-18(15)13-5-6-13/h1-4,12-13,15H,5-8,10,17H2. The van der Waals surface area contributed by atoms with Gasteiger partial charge in [-0.15, -0.1) is 0 Å². The summed E-state index contributed by atoms with van der Waals surface area (Å²) in [6.07, 6.45) is 3.78. The lowest BCUT2D eigenvalue weighted by Gasteiger charge is -2.28. The van der Waals surface area contributed by atoms with Crippen molar-refractivity contribution in [2.24, 2.45) is 11.7 Å². The zero-order valence-electron chi connectivity index (χ0n) is 10.5. The van der Waals surface area contributed by atoms with Crippen molar-refractivity contribution in [3.8, 4) is 6.07 Å². The third kappa shape index (κ3) is 1.92. The van der Waals surface area contributed by atoms with Crippen LogP contribution >= 0.6 is 0 Å². The summed E-state index contributed by atoms with van der Waals surface area (Å²) in [5.74, 6) is 0.500. The Balaban J connectivity index is 1.97. The molecule has 3 rings (SSSR count). The van der Waals surface area contributed by atoms with Gasteiger partial charge in [0.2, 0.25) is 0 Å². The Hall–Kier alpha value is -1.37. The van der Waals surface area contributed by atoms with Crippen LogP contribution in [0, 0.1) is 17.2 Å². The predicted octanol–water partition coefficient (Wildman–Crippen LogP) is 2.04. The van der Waals surface area contributed by atoms with E-state index in [0.717, 1.165) is 24.6 Å². The molecular formula is C15H19N3. The van der Waals surface area contributed by atoms with Crippen molar-refractivity contribution >= 4 is 0 Å². The maximum atomic E-state index is 9.28. The lowest BCUT2D eigenvalue weighted by atomic mass is 9.91. The molecule has 0 bridgehead atoms. The number of likely N-dealkylation sites (tertiary alicyclic amines) is 1. The van der Waals surface area contributed by atoms with Crippen molar-refractivity contribution < 1.29 is 0 Å². The van der Waals surface area contributed by atoms with E-state index in [9.17, 15) is 5.26 Å². The van der Waals surface area contributed by atoms with Crippen LogP contribution in [0.5, 0.6) is 0 Å². The van der Waals surface area contributed by atoms with Crippen LogP contribution in [0.4, 0.5) is 0 Å². The highest BCUT2D eigenvalue weighted by Gasteiger charge is 2.42. The van der Waals surface area contributed by atoms with Crippen LogP contribution < -0.4 is 5.73 Å². The summed E-state index contributed by atoms with van der Waals surface area (Å²) in [6, 6.07) is 11.4. The molecule has 1 saturated carbocycles. The fourth-order valence-corrected chi connectivity index (χ4v) is 3.23. The molecule has 1 heterocycles. The SMILES string of the molecule is N#Cc1ccccc1C1C(CN)CCN1C1CC1. The van der Waals surface area contributed by atoms with Gasteiger partial charge in [0.05, 0.1) is 11.6 Å². The van der Waals surface area contributed by atoms with Gasteiger partial charge >= 0.3 is 0 Å². The van der Waals surface area contributed by atoms with Gasteiger partial charge in [0.15, 0.2) is 0 Å². The Morgan fingerprint density at radius 2 is 2.06 bits per heavy atom. The molecule has 3 heteroatoms. The monoisotopic (exact) mass is 241 g/mol. The Morgan fingerprint density at radius 1 is 1.28 bits per heavy atom. The third-order valence-electron chi connectivity index (χ3n) is 4.28. The van der Waals surface area contributed by atoms with Crippen molar-refractivity contribution in [3.05, 3.63) is 35.4 Å². The first-order chi connectivity index (χ1) is 8.85. The first kappa shape index (κ1) is 11.7. The smallest absolute Gasteiger partial charge is 0.0995 e. The van der Waals surface area contributed by atoms with Gasteiger partial charge in [-0.2, -0.15) is 5.26 Å². The van der Waals surface area contributed by atoms with E-state index in [1.165, 1.54) is 18.4 Å². The Labute approximate surface area is 108 Å². The molecule has 2 unspecified atom stereocenters. The number of hydrogen-bond acceptors (Lipinski definition) is 3. The van der Waals surface area contributed by atoms with E-state index < -0.39 is 0 Å². The summed E-state index contributed by atoms with van der Waals surface area (Å²) in [7, 11) is 0. The summed E-state index contributed by atoms with van der Waals surface area (Å²) in [4.78, 5) is 2.58. The van der Waals surface area contributed by atoms with E-state index in [1.807, 2.05) is 18.2 Å². The Kier molecular flexibility index (Phi) is 3.07. The highest BCUT2D eigenvalue weighted by Crippen LogP contribution is 2.44. The Bertz CT molecular complexity index is 473. The van der Waals surface area contributed by atoms with Gasteiger partial charge in [-0.1, -0.05) is 18.2 Å². The maximum Gasteiger partial charge on any atom is 0.0995 e. The molecule has 2 N–H and O–H groups in total. The van der Waals surface area contributed by atoms with Gasteiger partial charge < -0.3 is 5.73 Å². The first-order valence-electron chi connectivity index (χ1n) is 6.80. The lowest BCUT2D eigenvalue weighted by Crippen LogP contribution is -2.30. The summed E-state index contributed by atoms with van der Waals surface area (Å²) in [6.45, 7) is 1.85. The van der Waals surface area contributed by atoms with Crippen molar-refractivity contribution in [2.75, 3.05) is 13.1 Å². The number of nitrogens with two attached hydrogens (primary N) is 1. The molecule has 0 radical (unpaired) electrons. The minimum atomic E-state index is 0.360. The average molecular weight is 241 g/mol.